The molecule has 1 aromatic heterocycles. The lowest BCUT2D eigenvalue weighted by Gasteiger charge is -2.12. The second-order valence-electron chi connectivity index (χ2n) is 6.47. The molecular formula is C20H22N4OS2. The molecule has 0 aliphatic carbocycles. The molecule has 0 aliphatic heterocycles. The Morgan fingerprint density at radius 1 is 1.00 bits per heavy atom. The third kappa shape index (κ3) is 5.30. The molecule has 27 heavy (non-hydrogen) atoms. The number of thioether (sulfide) groups is 1. The predicted octanol–water partition coefficient (Wildman–Crippen LogP) is 5.25. The molecule has 0 saturated heterocycles. The van der Waals surface area contributed by atoms with Gasteiger partial charge in [-0.15, -0.1) is 10.2 Å². The number of nitrogens with zero attached hydrogens (tertiary/aromatic N) is 2. The zero-order valence-corrected chi connectivity index (χ0v) is 17.4. The summed E-state index contributed by atoms with van der Waals surface area (Å²) in [4.78, 5) is 12.3. The first-order valence-electron chi connectivity index (χ1n) is 8.58. The lowest BCUT2D eigenvalue weighted by Crippen LogP contribution is -2.15. The van der Waals surface area contributed by atoms with Crippen molar-refractivity contribution in [2.75, 3.05) is 16.4 Å². The minimum atomic E-state index is -0.0432. The summed E-state index contributed by atoms with van der Waals surface area (Å²) >= 11 is 2.83. The van der Waals surface area contributed by atoms with E-state index in [2.05, 4.69) is 39.9 Å². The number of nitrogens with one attached hydrogen (secondary N) is 2. The number of hydrogen-bond donors (Lipinski definition) is 2. The van der Waals surface area contributed by atoms with Crippen LogP contribution in [0.5, 0.6) is 0 Å². The van der Waals surface area contributed by atoms with Crippen LogP contribution in [-0.4, -0.2) is 21.9 Å². The molecule has 2 aromatic carbocycles. The lowest BCUT2D eigenvalue weighted by atomic mass is 10.1. The molecule has 1 amide bonds. The highest BCUT2D eigenvalue weighted by molar-refractivity contribution is 8.01. The van der Waals surface area contributed by atoms with Crippen LogP contribution in [0.1, 0.15) is 22.3 Å². The predicted molar refractivity (Wildman–Crippen MR) is 114 cm³/mol. The molecule has 0 spiro atoms. The summed E-state index contributed by atoms with van der Waals surface area (Å²) in [5.74, 6) is 0.254. The number of carbonyl (C=O) groups is 1. The fourth-order valence-corrected chi connectivity index (χ4v) is 4.33. The average molecular weight is 399 g/mol. The fraction of sp³-hybridized carbons (Fsp3) is 0.250. The number of hydrogen-bond acceptors (Lipinski definition) is 6. The average Bonchev–Trinajstić information content (AvgIpc) is 3.06. The summed E-state index contributed by atoms with van der Waals surface area (Å²) in [6.07, 6.45) is 0. The van der Waals surface area contributed by atoms with Crippen LogP contribution >= 0.6 is 23.1 Å². The molecule has 0 aliphatic rings. The van der Waals surface area contributed by atoms with Gasteiger partial charge < -0.3 is 10.6 Å². The van der Waals surface area contributed by atoms with Crippen LogP contribution in [0.3, 0.4) is 0 Å². The highest BCUT2D eigenvalue weighted by Crippen LogP contribution is 2.28. The molecule has 2 N–H and O–H groups in total. The maximum absolute atomic E-state index is 12.3. The standard InChI is InChI=1S/C20H22N4OS2/c1-12-5-7-16(8-6-12)21-19-23-24-20(27-19)26-11-17(25)22-18-14(3)9-13(2)10-15(18)4/h5-10H,11H2,1-4H3,(H,21,23)(H,22,25). The van der Waals surface area contributed by atoms with Gasteiger partial charge in [0.15, 0.2) is 4.34 Å². The van der Waals surface area contributed by atoms with Gasteiger partial charge in [0.05, 0.1) is 5.75 Å². The molecule has 5 nitrogen and oxygen atoms in total. The molecule has 0 atom stereocenters. The Morgan fingerprint density at radius 3 is 2.33 bits per heavy atom. The van der Waals surface area contributed by atoms with Crippen LogP contribution in [0, 0.1) is 27.7 Å². The summed E-state index contributed by atoms with van der Waals surface area (Å²) in [5.41, 5.74) is 6.42. The van der Waals surface area contributed by atoms with Gasteiger partial charge in [0, 0.05) is 11.4 Å². The summed E-state index contributed by atoms with van der Waals surface area (Å²) < 4.78 is 0.761. The fourth-order valence-electron chi connectivity index (χ4n) is 2.76. The van der Waals surface area contributed by atoms with Gasteiger partial charge in [-0.25, -0.2) is 0 Å². The van der Waals surface area contributed by atoms with E-state index < -0.39 is 0 Å². The molecule has 140 valence electrons. The van der Waals surface area contributed by atoms with Gasteiger partial charge in [0.25, 0.3) is 0 Å². The van der Waals surface area contributed by atoms with Crippen molar-refractivity contribution in [3.63, 3.8) is 0 Å². The Balaban J connectivity index is 1.55. The molecule has 7 heteroatoms. The summed E-state index contributed by atoms with van der Waals surface area (Å²) in [6, 6.07) is 12.2. The number of amides is 1. The molecule has 0 bridgehead atoms. The Morgan fingerprint density at radius 2 is 1.67 bits per heavy atom. The molecule has 1 heterocycles. The number of benzene rings is 2. The van der Waals surface area contributed by atoms with Gasteiger partial charge in [-0.1, -0.05) is 58.5 Å². The summed E-state index contributed by atoms with van der Waals surface area (Å²) in [6.45, 7) is 8.13. The topological polar surface area (TPSA) is 66.9 Å². The van der Waals surface area contributed by atoms with Crippen molar-refractivity contribution in [2.45, 2.75) is 32.0 Å². The van der Waals surface area contributed by atoms with E-state index in [1.165, 1.54) is 34.2 Å². The second-order valence-corrected chi connectivity index (χ2v) is 8.67. The highest BCUT2D eigenvalue weighted by atomic mass is 32.2. The smallest absolute Gasteiger partial charge is 0.234 e. The van der Waals surface area contributed by atoms with E-state index in [0.29, 0.717) is 10.9 Å². The quantitative estimate of drug-likeness (QED) is 0.555. The molecule has 0 unspecified atom stereocenters. The van der Waals surface area contributed by atoms with Crippen LogP contribution in [0.15, 0.2) is 40.7 Å². The maximum Gasteiger partial charge on any atom is 0.234 e. The van der Waals surface area contributed by atoms with Gasteiger partial charge in [-0.05, 0) is 51.0 Å². The summed E-state index contributed by atoms with van der Waals surface area (Å²) in [5, 5.41) is 15.2. The van der Waals surface area contributed by atoms with Gasteiger partial charge in [0.1, 0.15) is 0 Å². The SMILES string of the molecule is Cc1ccc(Nc2nnc(SCC(=O)Nc3c(C)cc(C)cc3C)s2)cc1. The van der Waals surface area contributed by atoms with Crippen molar-refractivity contribution in [1.82, 2.24) is 10.2 Å². The number of aryl methyl sites for hydroxylation is 4. The minimum Gasteiger partial charge on any atom is -0.330 e. The lowest BCUT2D eigenvalue weighted by molar-refractivity contribution is -0.113. The number of anilines is 3. The summed E-state index contributed by atoms with van der Waals surface area (Å²) in [7, 11) is 0. The normalized spacial score (nSPS) is 10.7. The van der Waals surface area contributed by atoms with Crippen LogP contribution in [-0.2, 0) is 4.79 Å². The molecule has 0 fully saturated rings. The Bertz CT molecular complexity index is 928. The Kier molecular flexibility index (Phi) is 6.13. The minimum absolute atomic E-state index is 0.0432. The zero-order chi connectivity index (χ0) is 19.4. The van der Waals surface area contributed by atoms with E-state index in [0.717, 1.165) is 26.8 Å². The van der Waals surface area contributed by atoms with Crippen LogP contribution in [0.4, 0.5) is 16.5 Å². The molecule has 3 rings (SSSR count). The van der Waals surface area contributed by atoms with Gasteiger partial charge in [-0.2, -0.15) is 0 Å². The largest absolute Gasteiger partial charge is 0.330 e. The van der Waals surface area contributed by atoms with Gasteiger partial charge >= 0.3 is 0 Å². The first-order valence-corrected chi connectivity index (χ1v) is 10.4. The van der Waals surface area contributed by atoms with Gasteiger partial charge in [0.2, 0.25) is 11.0 Å². The first-order chi connectivity index (χ1) is 12.9. The molecular weight excluding hydrogens is 376 g/mol. The van der Waals surface area contributed by atoms with E-state index in [9.17, 15) is 4.79 Å². The van der Waals surface area contributed by atoms with Crippen molar-refractivity contribution >= 4 is 45.5 Å². The monoisotopic (exact) mass is 398 g/mol. The number of rotatable bonds is 6. The van der Waals surface area contributed by atoms with E-state index >= 15 is 0 Å². The van der Waals surface area contributed by atoms with Crippen LogP contribution < -0.4 is 10.6 Å². The first kappa shape index (κ1) is 19.4. The van der Waals surface area contributed by atoms with Crippen LogP contribution in [0.2, 0.25) is 0 Å². The van der Waals surface area contributed by atoms with Crippen molar-refractivity contribution in [3.8, 4) is 0 Å². The van der Waals surface area contributed by atoms with E-state index in [4.69, 9.17) is 0 Å². The van der Waals surface area contributed by atoms with E-state index in [1.807, 2.05) is 45.0 Å². The number of carbonyl (C=O) groups excluding carboxylic acids is 1. The maximum atomic E-state index is 12.3. The Hall–Kier alpha value is -2.38. The van der Waals surface area contributed by atoms with Crippen molar-refractivity contribution in [2.24, 2.45) is 0 Å². The van der Waals surface area contributed by atoms with E-state index in [1.54, 1.807) is 0 Å². The van der Waals surface area contributed by atoms with Gasteiger partial charge in [-0.3, -0.25) is 4.79 Å². The van der Waals surface area contributed by atoms with Crippen molar-refractivity contribution < 1.29 is 4.79 Å². The Labute approximate surface area is 167 Å². The third-order valence-corrected chi connectivity index (χ3v) is 5.95. The molecule has 3 aromatic rings. The van der Waals surface area contributed by atoms with Crippen molar-refractivity contribution in [3.05, 3.63) is 58.7 Å². The third-order valence-electron chi connectivity index (χ3n) is 3.98. The highest BCUT2D eigenvalue weighted by Gasteiger charge is 2.11. The zero-order valence-electron chi connectivity index (χ0n) is 15.8. The molecule has 0 radical (unpaired) electrons. The van der Waals surface area contributed by atoms with Crippen LogP contribution in [0.25, 0.3) is 0 Å². The second kappa shape index (κ2) is 8.54. The molecule has 0 saturated carbocycles. The van der Waals surface area contributed by atoms with Crippen molar-refractivity contribution in [1.29, 1.82) is 0 Å². The number of aromatic nitrogens is 2. The van der Waals surface area contributed by atoms with E-state index in [-0.39, 0.29) is 5.91 Å².